The molecule has 0 saturated heterocycles. The number of hydrogen-bond donors (Lipinski definition) is 0. The zero-order chi connectivity index (χ0) is 13.4. The van der Waals surface area contributed by atoms with Crippen LogP contribution < -0.4 is 0 Å². The number of nitrogens with zero attached hydrogens (tertiary/aromatic N) is 2. The zero-order valence-electron chi connectivity index (χ0n) is 13.0. The van der Waals surface area contributed by atoms with Crippen LogP contribution in [-0.2, 0) is 12.8 Å². The second-order valence-corrected chi connectivity index (χ2v) is 2.22. The first kappa shape index (κ1) is 30.3. The molecule has 1 aromatic heterocycles. The van der Waals surface area contributed by atoms with E-state index in [1.807, 2.05) is 53.7 Å². The molecule has 0 bridgehead atoms. The molecule has 0 aromatic carbocycles. The SMILES string of the molecule is C.CC.CC.CC.CCc1ccc(CC)nn1.[B]. The molecule has 0 atom stereocenters. The van der Waals surface area contributed by atoms with Gasteiger partial charge in [-0.25, -0.2) is 0 Å². The molecule has 0 aliphatic rings. The lowest BCUT2D eigenvalue weighted by Crippen LogP contribution is -1.93. The Morgan fingerprint density at radius 1 is 0.722 bits per heavy atom. The summed E-state index contributed by atoms with van der Waals surface area (Å²) in [7, 11) is 0. The Bertz CT molecular complexity index is 175. The summed E-state index contributed by atoms with van der Waals surface area (Å²) in [4.78, 5) is 0. The molecule has 18 heavy (non-hydrogen) atoms. The monoisotopic (exact) mass is 253 g/mol. The summed E-state index contributed by atoms with van der Waals surface area (Å²) >= 11 is 0. The van der Waals surface area contributed by atoms with Crippen LogP contribution in [0.5, 0.6) is 0 Å². The van der Waals surface area contributed by atoms with Gasteiger partial charge in [-0.2, -0.15) is 10.2 Å². The maximum absolute atomic E-state index is 4.02. The molecule has 3 radical (unpaired) electrons. The van der Waals surface area contributed by atoms with Gasteiger partial charge in [0.1, 0.15) is 0 Å². The second kappa shape index (κ2) is 29.8. The molecule has 0 aliphatic heterocycles. The van der Waals surface area contributed by atoms with Gasteiger partial charge in [0.25, 0.3) is 0 Å². The third kappa shape index (κ3) is 17.5. The minimum atomic E-state index is 0. The molecule has 0 saturated carbocycles. The standard InChI is InChI=1S/C8H12N2.3C2H6.CH4.B/c1-3-7-5-6-8(4-2)10-9-7;3*1-2;;/h5-6H,3-4H2,1-2H3;3*1-2H3;1H4;. The van der Waals surface area contributed by atoms with Crippen molar-refractivity contribution >= 4 is 8.41 Å². The van der Waals surface area contributed by atoms with E-state index in [4.69, 9.17) is 0 Å². The average molecular weight is 253 g/mol. The Hall–Kier alpha value is -0.855. The van der Waals surface area contributed by atoms with Gasteiger partial charge in [-0.05, 0) is 25.0 Å². The van der Waals surface area contributed by atoms with Gasteiger partial charge in [0.05, 0.1) is 11.4 Å². The van der Waals surface area contributed by atoms with Crippen LogP contribution in [0.15, 0.2) is 12.1 Å². The fourth-order valence-corrected chi connectivity index (χ4v) is 0.765. The van der Waals surface area contributed by atoms with Crippen molar-refractivity contribution in [3.05, 3.63) is 23.5 Å². The van der Waals surface area contributed by atoms with E-state index in [2.05, 4.69) is 24.0 Å². The highest BCUT2D eigenvalue weighted by atomic mass is 15.1. The highest BCUT2D eigenvalue weighted by molar-refractivity contribution is 5.75. The molecule has 1 heterocycles. The molecule has 1 aromatic rings. The molecular weight excluding hydrogens is 219 g/mol. The first-order chi connectivity index (χ1) is 7.86. The fourth-order valence-electron chi connectivity index (χ4n) is 0.765. The molecule has 1 rings (SSSR count). The van der Waals surface area contributed by atoms with Crippen LogP contribution in [0.3, 0.4) is 0 Å². The maximum atomic E-state index is 4.02. The Balaban J connectivity index is -0.0000000623. The summed E-state index contributed by atoms with van der Waals surface area (Å²) in [6.07, 6.45) is 1.94. The summed E-state index contributed by atoms with van der Waals surface area (Å²) in [6.45, 7) is 16.2. The van der Waals surface area contributed by atoms with Crippen LogP contribution in [0.25, 0.3) is 0 Å². The van der Waals surface area contributed by atoms with Gasteiger partial charge in [0.2, 0.25) is 0 Å². The Morgan fingerprint density at radius 3 is 1.06 bits per heavy atom. The van der Waals surface area contributed by atoms with Crippen molar-refractivity contribution in [2.45, 2.75) is 75.7 Å². The summed E-state index contributed by atoms with van der Waals surface area (Å²) in [6, 6.07) is 4.07. The second-order valence-electron chi connectivity index (χ2n) is 2.22. The molecular formula is C15H34BN2. The molecule has 0 amide bonds. The van der Waals surface area contributed by atoms with Gasteiger partial charge in [-0.1, -0.05) is 62.8 Å². The quantitative estimate of drug-likeness (QED) is 0.698. The predicted molar refractivity (Wildman–Crippen MR) is 87.3 cm³/mol. The van der Waals surface area contributed by atoms with Crippen LogP contribution in [0.2, 0.25) is 0 Å². The molecule has 107 valence electrons. The lowest BCUT2D eigenvalue weighted by Gasteiger charge is -1.94. The van der Waals surface area contributed by atoms with Gasteiger partial charge < -0.3 is 0 Å². The van der Waals surface area contributed by atoms with Gasteiger partial charge in [0.15, 0.2) is 0 Å². The van der Waals surface area contributed by atoms with E-state index in [1.165, 1.54) is 0 Å². The first-order valence-electron chi connectivity index (χ1n) is 6.68. The molecule has 0 aliphatic carbocycles. The average Bonchev–Trinajstić information content (AvgIpc) is 2.45. The largest absolute Gasteiger partial charge is 0.155 e. The summed E-state index contributed by atoms with van der Waals surface area (Å²) in [5, 5.41) is 8.04. The van der Waals surface area contributed by atoms with E-state index < -0.39 is 0 Å². The summed E-state index contributed by atoms with van der Waals surface area (Å²) in [5.74, 6) is 0. The first-order valence-corrected chi connectivity index (χ1v) is 6.68. The van der Waals surface area contributed by atoms with Crippen molar-refractivity contribution in [1.29, 1.82) is 0 Å². The topological polar surface area (TPSA) is 25.8 Å². The van der Waals surface area contributed by atoms with E-state index in [0.717, 1.165) is 24.2 Å². The zero-order valence-corrected chi connectivity index (χ0v) is 13.0. The molecule has 2 nitrogen and oxygen atoms in total. The van der Waals surface area contributed by atoms with Crippen molar-refractivity contribution in [1.82, 2.24) is 10.2 Å². The summed E-state index contributed by atoms with van der Waals surface area (Å²) < 4.78 is 0. The van der Waals surface area contributed by atoms with E-state index >= 15 is 0 Å². The van der Waals surface area contributed by atoms with Crippen molar-refractivity contribution in [2.75, 3.05) is 0 Å². The van der Waals surface area contributed by atoms with Crippen LogP contribution in [-0.4, -0.2) is 18.6 Å². The molecule has 0 spiro atoms. The molecule has 0 N–H and O–H groups in total. The van der Waals surface area contributed by atoms with Crippen molar-refractivity contribution in [2.24, 2.45) is 0 Å². The van der Waals surface area contributed by atoms with Crippen LogP contribution >= 0.6 is 0 Å². The molecule has 3 heteroatoms. The third-order valence-corrected chi connectivity index (χ3v) is 1.50. The van der Waals surface area contributed by atoms with E-state index in [1.54, 1.807) is 0 Å². The van der Waals surface area contributed by atoms with Crippen molar-refractivity contribution in [3.63, 3.8) is 0 Å². The number of hydrogen-bond acceptors (Lipinski definition) is 2. The Labute approximate surface area is 118 Å². The van der Waals surface area contributed by atoms with E-state index in [0.29, 0.717) is 0 Å². The van der Waals surface area contributed by atoms with Gasteiger partial charge in [0, 0.05) is 8.41 Å². The van der Waals surface area contributed by atoms with Crippen LogP contribution in [0.1, 0.15) is 74.2 Å². The lowest BCUT2D eigenvalue weighted by atomic mass is 10.2. The highest BCUT2D eigenvalue weighted by Crippen LogP contribution is 1.96. The molecule has 0 unspecified atom stereocenters. The van der Waals surface area contributed by atoms with E-state index in [-0.39, 0.29) is 15.8 Å². The van der Waals surface area contributed by atoms with Crippen molar-refractivity contribution < 1.29 is 0 Å². The molecule has 0 fully saturated rings. The fraction of sp³-hybridized carbons (Fsp3) is 0.733. The number of rotatable bonds is 2. The minimum Gasteiger partial charge on any atom is -0.155 e. The smallest absolute Gasteiger partial charge is 0.0628 e. The van der Waals surface area contributed by atoms with E-state index in [9.17, 15) is 0 Å². The number of aryl methyl sites for hydroxylation is 2. The highest BCUT2D eigenvalue weighted by Gasteiger charge is 1.91. The number of aromatic nitrogens is 2. The normalized spacial score (nSPS) is 6.44. The van der Waals surface area contributed by atoms with Gasteiger partial charge in [-0.3, -0.25) is 0 Å². The van der Waals surface area contributed by atoms with Crippen LogP contribution in [0.4, 0.5) is 0 Å². The Morgan fingerprint density at radius 2 is 0.944 bits per heavy atom. The maximum Gasteiger partial charge on any atom is 0.0628 e. The lowest BCUT2D eigenvalue weighted by molar-refractivity contribution is 0.861. The Kier molecular flexibility index (Phi) is 50.2. The predicted octanol–water partition coefficient (Wildman–Crippen LogP) is 4.94. The van der Waals surface area contributed by atoms with Crippen LogP contribution in [0, 0.1) is 0 Å². The third-order valence-electron chi connectivity index (χ3n) is 1.50. The minimum absolute atomic E-state index is 0. The van der Waals surface area contributed by atoms with Crippen molar-refractivity contribution in [3.8, 4) is 0 Å². The van der Waals surface area contributed by atoms with Gasteiger partial charge >= 0.3 is 0 Å². The van der Waals surface area contributed by atoms with Gasteiger partial charge in [-0.15, -0.1) is 0 Å². The summed E-state index contributed by atoms with van der Waals surface area (Å²) in [5.41, 5.74) is 2.13.